The van der Waals surface area contributed by atoms with E-state index in [9.17, 15) is 34.2 Å². The summed E-state index contributed by atoms with van der Waals surface area (Å²) >= 11 is 6.65. The average molecular weight is 818 g/mol. The second-order valence-electron chi connectivity index (χ2n) is 16.1. The first-order valence-electron chi connectivity index (χ1n) is 19.4. The summed E-state index contributed by atoms with van der Waals surface area (Å²) in [6, 6.07) is 10.0. The zero-order valence-corrected chi connectivity index (χ0v) is 34.1. The summed E-state index contributed by atoms with van der Waals surface area (Å²) in [4.78, 5) is 71.8. The van der Waals surface area contributed by atoms with Gasteiger partial charge in [0.15, 0.2) is 28.8 Å². The number of rotatable bonds is 11. The van der Waals surface area contributed by atoms with Crippen molar-refractivity contribution in [1.29, 1.82) is 0 Å². The molecule has 4 unspecified atom stereocenters. The van der Waals surface area contributed by atoms with Gasteiger partial charge in [0.2, 0.25) is 23.2 Å². The number of ether oxygens (including phenoxy) is 4. The van der Waals surface area contributed by atoms with Crippen molar-refractivity contribution in [3.05, 3.63) is 86.0 Å². The van der Waals surface area contributed by atoms with Crippen molar-refractivity contribution in [2.45, 2.75) is 76.5 Å². The number of amides is 2. The molecule has 4 heterocycles. The van der Waals surface area contributed by atoms with Gasteiger partial charge in [-0.05, 0) is 48.4 Å². The monoisotopic (exact) mass is 817 g/mol. The number of methoxy groups -OCH3 is 3. The maximum Gasteiger partial charge on any atom is 0.250 e. The number of hydrogen-bond acceptors (Lipinski definition) is 11. The predicted molar refractivity (Wildman–Crippen MR) is 212 cm³/mol. The molecule has 4 aliphatic rings. The average Bonchev–Trinajstić information content (AvgIpc) is 3.51. The number of aromatic nitrogens is 1. The van der Waals surface area contributed by atoms with Crippen LogP contribution >= 0.6 is 11.6 Å². The minimum absolute atomic E-state index is 0.0117. The molecule has 308 valence electrons. The van der Waals surface area contributed by atoms with Gasteiger partial charge in [-0.1, -0.05) is 44.5 Å². The van der Waals surface area contributed by atoms with E-state index in [1.165, 1.54) is 45.6 Å². The number of allylic oxidation sites excluding steroid dienone is 1. The molecular weight excluding hydrogens is 770 g/mol. The molecule has 2 amide bonds. The summed E-state index contributed by atoms with van der Waals surface area (Å²) in [5, 5.41) is 25.7. The third-order valence-corrected chi connectivity index (χ3v) is 12.3. The fourth-order valence-electron chi connectivity index (χ4n) is 9.26. The number of carbonyl (C=O) groups is 4. The van der Waals surface area contributed by atoms with E-state index in [0.717, 1.165) is 12.1 Å². The molecule has 2 aromatic carbocycles. The van der Waals surface area contributed by atoms with Gasteiger partial charge in [0.1, 0.15) is 28.1 Å². The van der Waals surface area contributed by atoms with E-state index in [0.29, 0.717) is 31.6 Å². The van der Waals surface area contributed by atoms with Crippen LogP contribution in [0.25, 0.3) is 0 Å². The molecule has 14 nitrogen and oxygen atoms in total. The van der Waals surface area contributed by atoms with Gasteiger partial charge < -0.3 is 43.9 Å². The fraction of sp³-hybridized carbons (Fsp3) is 0.465. The number of halogens is 1. The van der Waals surface area contributed by atoms with Gasteiger partial charge in [-0.25, -0.2) is 0 Å². The van der Waals surface area contributed by atoms with Crippen LogP contribution in [0, 0.1) is 17.8 Å². The Bertz CT molecular complexity index is 2290. The summed E-state index contributed by atoms with van der Waals surface area (Å²) in [7, 11) is 4.10. The number of aliphatic hydroxyl groups excluding tert-OH is 1. The van der Waals surface area contributed by atoms with E-state index < -0.39 is 53.1 Å². The van der Waals surface area contributed by atoms with Crippen LogP contribution in [0.2, 0.25) is 5.02 Å². The van der Waals surface area contributed by atoms with Crippen LogP contribution in [0.3, 0.4) is 0 Å². The number of nitrogens with zero attached hydrogens (tertiary/aromatic N) is 2. The molecule has 3 aromatic rings. The lowest BCUT2D eigenvalue weighted by molar-refractivity contribution is -0.139. The van der Waals surface area contributed by atoms with Gasteiger partial charge in [0.25, 0.3) is 5.56 Å². The maximum atomic E-state index is 14.5. The van der Waals surface area contributed by atoms with Crippen LogP contribution < -0.4 is 29.8 Å². The predicted octanol–water partition coefficient (Wildman–Crippen LogP) is 5.32. The van der Waals surface area contributed by atoms with E-state index in [2.05, 4.69) is 5.32 Å². The van der Waals surface area contributed by atoms with Crippen LogP contribution in [0.5, 0.6) is 28.7 Å². The molecular formula is C43H48ClN3O11. The van der Waals surface area contributed by atoms with Crippen LogP contribution in [-0.2, 0) is 20.9 Å². The number of fused-ring (bicyclic) bond motifs is 5. The Morgan fingerprint density at radius 2 is 1.71 bits per heavy atom. The summed E-state index contributed by atoms with van der Waals surface area (Å²) < 4.78 is 24.4. The van der Waals surface area contributed by atoms with E-state index >= 15 is 0 Å². The Morgan fingerprint density at radius 3 is 2.40 bits per heavy atom. The smallest absolute Gasteiger partial charge is 0.250 e. The number of nitrogens with one attached hydrogen (secondary N) is 1. The first-order chi connectivity index (χ1) is 27.6. The SMILES string of the molecule is COc1cc(C(CC(=O)NC(CC(C)C)C(=O)N2C[C@H]3C[C@@H](C2)c2cccc(=O)n2C3)C2=C(O)C3(Oc4c(Cl)c(OC)cc(OC)c4C3=O)C(C)CC2=O)ccc1O. The Kier molecular flexibility index (Phi) is 11.0. The van der Waals surface area contributed by atoms with Gasteiger partial charge in [-0.2, -0.15) is 0 Å². The highest BCUT2D eigenvalue weighted by atomic mass is 35.5. The summed E-state index contributed by atoms with van der Waals surface area (Å²) in [6.07, 6.45) is 0.490. The van der Waals surface area contributed by atoms with Crippen molar-refractivity contribution in [2.75, 3.05) is 34.4 Å². The molecule has 15 heteroatoms. The zero-order valence-electron chi connectivity index (χ0n) is 33.3. The minimum atomic E-state index is -2.11. The highest BCUT2D eigenvalue weighted by Gasteiger charge is 2.61. The molecule has 7 rings (SSSR count). The Balaban J connectivity index is 1.24. The standard InChI is InChI=1S/C43H48ClN3O11/c1-21(2)12-27(42(54)46-18-23-14-25(20-46)28-8-7-9-35(51)47(28)19-23)45-34(50)16-26(24-10-11-29(48)31(15-24)55-4)36-30(49)13-22(3)43(40(36)52)41(53)37-32(56-5)17-33(57-6)38(44)39(37)58-43/h7-11,15,17,21-23,25-27,48,52H,12-14,16,18-20H2,1-6H3,(H,45,50)/t22?,23-,25+,26?,27?,43?/m1/s1. The van der Waals surface area contributed by atoms with Gasteiger partial charge in [0, 0.05) is 73.6 Å². The number of phenolic OH excluding ortho intramolecular Hbond substituents is 1. The lowest BCUT2D eigenvalue weighted by atomic mass is 9.69. The van der Waals surface area contributed by atoms with Crippen molar-refractivity contribution in [3.8, 4) is 28.7 Å². The molecule has 1 fully saturated rings. The third kappa shape index (κ3) is 6.84. The molecule has 0 saturated carbocycles. The number of likely N-dealkylation sites (tertiary alicyclic amines) is 1. The molecule has 1 spiro atoms. The first kappa shape index (κ1) is 40.7. The van der Waals surface area contributed by atoms with Crippen LogP contribution in [-0.4, -0.2) is 89.1 Å². The molecule has 1 saturated heterocycles. The quantitative estimate of drug-likeness (QED) is 0.228. The number of phenols is 1. The molecule has 0 radical (unpaired) electrons. The molecule has 1 aliphatic carbocycles. The summed E-state index contributed by atoms with van der Waals surface area (Å²) in [5.74, 6) is -4.76. The number of hydrogen-bond donors (Lipinski definition) is 3. The number of ketones is 2. The Labute approximate surface area is 340 Å². The van der Waals surface area contributed by atoms with Crippen molar-refractivity contribution >= 4 is 35.0 Å². The molecule has 6 atom stereocenters. The lowest BCUT2D eigenvalue weighted by Crippen LogP contribution is -2.55. The van der Waals surface area contributed by atoms with Gasteiger partial charge in [-0.15, -0.1) is 0 Å². The number of piperidine rings is 1. The van der Waals surface area contributed by atoms with Gasteiger partial charge >= 0.3 is 0 Å². The Hall–Kier alpha value is -5.50. The summed E-state index contributed by atoms with van der Waals surface area (Å²) in [5.41, 5.74) is -1.25. The van der Waals surface area contributed by atoms with Crippen molar-refractivity contribution in [2.24, 2.45) is 17.8 Å². The number of aromatic hydroxyl groups is 1. The second kappa shape index (κ2) is 15.7. The topological polar surface area (TPSA) is 183 Å². The van der Waals surface area contributed by atoms with Crippen LogP contribution in [0.15, 0.2) is 58.6 Å². The summed E-state index contributed by atoms with van der Waals surface area (Å²) in [6.45, 7) is 6.83. The molecule has 58 heavy (non-hydrogen) atoms. The first-order valence-corrected chi connectivity index (χ1v) is 19.8. The highest BCUT2D eigenvalue weighted by molar-refractivity contribution is 6.35. The number of benzene rings is 2. The van der Waals surface area contributed by atoms with Crippen molar-refractivity contribution < 1.29 is 48.3 Å². The molecule has 2 bridgehead atoms. The third-order valence-electron chi connectivity index (χ3n) is 12.0. The van der Waals surface area contributed by atoms with Gasteiger partial charge in [-0.3, -0.25) is 24.0 Å². The van der Waals surface area contributed by atoms with Crippen molar-refractivity contribution in [1.82, 2.24) is 14.8 Å². The number of aliphatic hydroxyl groups is 1. The number of carbonyl (C=O) groups excluding carboxylic acids is 4. The Morgan fingerprint density at radius 1 is 0.983 bits per heavy atom. The largest absolute Gasteiger partial charge is 0.507 e. The molecule has 1 aromatic heterocycles. The van der Waals surface area contributed by atoms with Crippen LogP contribution in [0.4, 0.5) is 0 Å². The second-order valence-corrected chi connectivity index (χ2v) is 16.5. The molecule has 3 aliphatic heterocycles. The maximum absolute atomic E-state index is 14.5. The minimum Gasteiger partial charge on any atom is -0.507 e. The van der Waals surface area contributed by atoms with Gasteiger partial charge in [0.05, 0.1) is 21.3 Å². The van der Waals surface area contributed by atoms with E-state index in [4.69, 9.17) is 30.5 Å². The van der Waals surface area contributed by atoms with E-state index in [1.807, 2.05) is 19.9 Å². The van der Waals surface area contributed by atoms with E-state index in [1.54, 1.807) is 28.5 Å². The van der Waals surface area contributed by atoms with E-state index in [-0.39, 0.29) is 80.5 Å². The van der Waals surface area contributed by atoms with Crippen LogP contribution in [0.1, 0.15) is 79.9 Å². The number of Topliss-reactive ketones (excluding diaryl/α,β-unsaturated/α-hetero) is 2. The number of pyridine rings is 1. The highest BCUT2D eigenvalue weighted by Crippen LogP contribution is 2.56. The molecule has 3 N–H and O–H groups in total. The normalized spacial score (nSPS) is 23.2. The fourth-order valence-corrected chi connectivity index (χ4v) is 9.53. The lowest BCUT2D eigenvalue weighted by Gasteiger charge is -2.43. The zero-order chi connectivity index (χ0) is 41.8. The van der Waals surface area contributed by atoms with Crippen molar-refractivity contribution in [3.63, 3.8) is 0 Å².